The Hall–Kier alpha value is -2.89. The third kappa shape index (κ3) is 3.72. The summed E-state index contributed by atoms with van der Waals surface area (Å²) >= 11 is 0. The predicted octanol–water partition coefficient (Wildman–Crippen LogP) is 4.36. The molecule has 146 valence electrons. The molecule has 0 spiro atoms. The molecule has 6 heteroatoms. The normalized spacial score (nSPS) is 14.1. The second-order valence-corrected chi connectivity index (χ2v) is 7.60. The molecule has 2 heterocycles. The zero-order chi connectivity index (χ0) is 19.7. The van der Waals surface area contributed by atoms with E-state index in [1.807, 2.05) is 42.1 Å². The fraction of sp³-hybridized carbons (Fsp3) is 0.364. The number of amides is 1. The van der Waals surface area contributed by atoms with E-state index in [-0.39, 0.29) is 17.6 Å². The van der Waals surface area contributed by atoms with Crippen LogP contribution in [0, 0.1) is 11.7 Å². The van der Waals surface area contributed by atoms with Crippen molar-refractivity contribution in [3.8, 4) is 0 Å². The molecule has 0 saturated heterocycles. The van der Waals surface area contributed by atoms with Crippen molar-refractivity contribution >= 4 is 22.6 Å². The van der Waals surface area contributed by atoms with Crippen molar-refractivity contribution in [3.05, 3.63) is 59.8 Å². The molecule has 1 saturated carbocycles. The van der Waals surface area contributed by atoms with Crippen molar-refractivity contribution < 1.29 is 13.6 Å². The van der Waals surface area contributed by atoms with Crippen molar-refractivity contribution in [2.24, 2.45) is 5.92 Å². The van der Waals surface area contributed by atoms with Crippen LogP contribution in [0.2, 0.25) is 0 Å². The molecule has 0 aliphatic heterocycles. The van der Waals surface area contributed by atoms with Crippen molar-refractivity contribution in [1.29, 1.82) is 0 Å². The van der Waals surface area contributed by atoms with Gasteiger partial charge >= 0.3 is 0 Å². The monoisotopic (exact) mass is 381 g/mol. The Kier molecular flexibility index (Phi) is 5.03. The number of carbonyl (C=O) groups excluding carboxylic acids is 1. The van der Waals surface area contributed by atoms with Gasteiger partial charge in [0.05, 0.1) is 18.3 Å². The molecular weight excluding hydrogens is 357 g/mol. The fourth-order valence-corrected chi connectivity index (χ4v) is 3.60. The number of carbonyl (C=O) groups is 1. The number of fused-ring (bicyclic) bond motifs is 1. The van der Waals surface area contributed by atoms with E-state index in [0.29, 0.717) is 18.6 Å². The largest absolute Gasteiger partial charge is 0.467 e. The van der Waals surface area contributed by atoms with Gasteiger partial charge in [-0.2, -0.15) is 0 Å². The Bertz CT molecular complexity index is 981. The molecule has 3 aromatic rings. The number of benzene rings is 1. The quantitative estimate of drug-likeness (QED) is 0.637. The lowest BCUT2D eigenvalue weighted by atomic mass is 9.84. The van der Waals surface area contributed by atoms with E-state index in [1.165, 1.54) is 12.1 Å². The first kappa shape index (κ1) is 18.5. The molecule has 5 nitrogen and oxygen atoms in total. The third-order valence-electron chi connectivity index (χ3n) is 5.31. The average Bonchev–Trinajstić information content (AvgIpc) is 3.12. The van der Waals surface area contributed by atoms with Gasteiger partial charge in [0, 0.05) is 43.6 Å². The second kappa shape index (κ2) is 7.62. The standard InChI is InChI=1S/C22H24FN3O2/c1-25(2)21-17(11-16-8-9-18(23)12-20(16)24-21)13-26(14-19-7-4-10-28-19)22(27)15-5-3-6-15/h4,7-12,15H,3,5-6,13-14H2,1-2H3. The first-order valence-corrected chi connectivity index (χ1v) is 9.59. The summed E-state index contributed by atoms with van der Waals surface area (Å²) in [5, 5.41) is 0.857. The van der Waals surface area contributed by atoms with Gasteiger partial charge in [-0.15, -0.1) is 0 Å². The minimum absolute atomic E-state index is 0.0975. The van der Waals surface area contributed by atoms with Crippen LogP contribution in [-0.2, 0) is 17.9 Å². The fourth-order valence-electron chi connectivity index (χ4n) is 3.60. The van der Waals surface area contributed by atoms with Crippen LogP contribution in [0.25, 0.3) is 10.9 Å². The van der Waals surface area contributed by atoms with Crippen LogP contribution in [0.3, 0.4) is 0 Å². The minimum Gasteiger partial charge on any atom is -0.467 e. The molecule has 1 aliphatic carbocycles. The van der Waals surface area contributed by atoms with Crippen molar-refractivity contribution in [2.45, 2.75) is 32.4 Å². The minimum atomic E-state index is -0.308. The number of furan rings is 1. The van der Waals surface area contributed by atoms with Crippen molar-refractivity contribution in [2.75, 3.05) is 19.0 Å². The van der Waals surface area contributed by atoms with E-state index in [4.69, 9.17) is 4.42 Å². The Balaban J connectivity index is 1.69. The first-order valence-electron chi connectivity index (χ1n) is 9.59. The Morgan fingerprint density at radius 2 is 2.04 bits per heavy atom. The summed E-state index contributed by atoms with van der Waals surface area (Å²) in [6, 6.07) is 10.3. The summed E-state index contributed by atoms with van der Waals surface area (Å²) in [5.41, 5.74) is 1.54. The van der Waals surface area contributed by atoms with Gasteiger partial charge in [0.1, 0.15) is 17.4 Å². The highest BCUT2D eigenvalue weighted by molar-refractivity contribution is 5.83. The van der Waals surface area contributed by atoms with Crippen molar-refractivity contribution in [3.63, 3.8) is 0 Å². The van der Waals surface area contributed by atoms with Crippen LogP contribution in [-0.4, -0.2) is 29.9 Å². The van der Waals surface area contributed by atoms with E-state index in [9.17, 15) is 9.18 Å². The van der Waals surface area contributed by atoms with Crippen LogP contribution in [0.1, 0.15) is 30.6 Å². The van der Waals surface area contributed by atoms with Gasteiger partial charge in [-0.3, -0.25) is 4.79 Å². The molecule has 2 aromatic heterocycles. The van der Waals surface area contributed by atoms with E-state index in [1.54, 1.807) is 12.3 Å². The van der Waals surface area contributed by atoms with Crippen LogP contribution in [0.5, 0.6) is 0 Å². The molecule has 0 atom stereocenters. The number of nitrogens with zero attached hydrogens (tertiary/aromatic N) is 3. The number of rotatable bonds is 6. The highest BCUT2D eigenvalue weighted by atomic mass is 19.1. The lowest BCUT2D eigenvalue weighted by molar-refractivity contribution is -0.139. The number of anilines is 1. The Morgan fingerprint density at radius 3 is 2.68 bits per heavy atom. The van der Waals surface area contributed by atoms with Gasteiger partial charge in [-0.05, 0) is 43.2 Å². The maximum atomic E-state index is 13.6. The van der Waals surface area contributed by atoms with Gasteiger partial charge in [0.2, 0.25) is 5.91 Å². The lowest BCUT2D eigenvalue weighted by Gasteiger charge is -2.32. The van der Waals surface area contributed by atoms with Crippen molar-refractivity contribution in [1.82, 2.24) is 9.88 Å². The summed E-state index contributed by atoms with van der Waals surface area (Å²) in [4.78, 5) is 21.4. The predicted molar refractivity (Wildman–Crippen MR) is 106 cm³/mol. The number of hydrogen-bond donors (Lipinski definition) is 0. The average molecular weight is 381 g/mol. The van der Waals surface area contributed by atoms with E-state index in [2.05, 4.69) is 4.98 Å². The smallest absolute Gasteiger partial charge is 0.226 e. The van der Waals surface area contributed by atoms with Gasteiger partial charge in [0.25, 0.3) is 0 Å². The molecule has 28 heavy (non-hydrogen) atoms. The highest BCUT2D eigenvalue weighted by Gasteiger charge is 2.30. The molecule has 0 bridgehead atoms. The second-order valence-electron chi connectivity index (χ2n) is 7.60. The van der Waals surface area contributed by atoms with Gasteiger partial charge in [0.15, 0.2) is 0 Å². The number of pyridine rings is 1. The maximum Gasteiger partial charge on any atom is 0.226 e. The summed E-state index contributed by atoms with van der Waals surface area (Å²) in [6.07, 6.45) is 4.63. The Morgan fingerprint density at radius 1 is 1.21 bits per heavy atom. The third-order valence-corrected chi connectivity index (χ3v) is 5.31. The molecule has 1 aromatic carbocycles. The van der Waals surface area contributed by atoms with E-state index in [0.717, 1.165) is 41.8 Å². The summed E-state index contributed by atoms with van der Waals surface area (Å²) < 4.78 is 19.1. The zero-order valence-electron chi connectivity index (χ0n) is 16.2. The molecule has 1 aliphatic rings. The number of hydrogen-bond acceptors (Lipinski definition) is 4. The topological polar surface area (TPSA) is 49.6 Å². The van der Waals surface area contributed by atoms with Crippen LogP contribution in [0.4, 0.5) is 10.2 Å². The van der Waals surface area contributed by atoms with E-state index >= 15 is 0 Å². The Labute approximate surface area is 163 Å². The lowest BCUT2D eigenvalue weighted by Crippen LogP contribution is -2.38. The van der Waals surface area contributed by atoms with Gasteiger partial charge in [-0.25, -0.2) is 9.37 Å². The molecule has 0 radical (unpaired) electrons. The highest BCUT2D eigenvalue weighted by Crippen LogP contribution is 2.31. The zero-order valence-corrected chi connectivity index (χ0v) is 16.2. The van der Waals surface area contributed by atoms with Crippen LogP contribution < -0.4 is 4.90 Å². The number of aromatic nitrogens is 1. The molecule has 1 fully saturated rings. The molecule has 1 amide bonds. The van der Waals surface area contributed by atoms with Gasteiger partial charge < -0.3 is 14.2 Å². The van der Waals surface area contributed by atoms with Crippen LogP contribution >= 0.6 is 0 Å². The molecule has 4 rings (SSSR count). The SMILES string of the molecule is CN(C)c1nc2cc(F)ccc2cc1CN(Cc1ccco1)C(=O)C1CCC1. The summed E-state index contributed by atoms with van der Waals surface area (Å²) in [5.74, 6) is 1.45. The summed E-state index contributed by atoms with van der Waals surface area (Å²) in [7, 11) is 3.81. The maximum absolute atomic E-state index is 13.6. The molecular formula is C22H24FN3O2. The van der Waals surface area contributed by atoms with Crippen LogP contribution in [0.15, 0.2) is 47.1 Å². The summed E-state index contributed by atoms with van der Waals surface area (Å²) in [6.45, 7) is 0.862. The van der Waals surface area contributed by atoms with E-state index < -0.39 is 0 Å². The first-order chi connectivity index (χ1) is 13.5. The molecule has 0 N–H and O–H groups in total. The molecule has 0 unspecified atom stereocenters. The van der Waals surface area contributed by atoms with Gasteiger partial charge in [-0.1, -0.05) is 6.42 Å². The number of halogens is 1.